The second-order valence-electron chi connectivity index (χ2n) is 5.48. The standard InChI is InChI=1S/C15H22N2O2/c1-17(10-11-3-2-4-14(18)9-11)15(19)12-5-7-13(16)8-6-12/h2-4,9,12-13,18H,5-8,10,16H2,1H3. The van der Waals surface area contributed by atoms with E-state index >= 15 is 0 Å². The number of phenols is 1. The van der Waals surface area contributed by atoms with E-state index in [1.165, 1.54) is 0 Å². The minimum Gasteiger partial charge on any atom is -0.508 e. The molecule has 4 nitrogen and oxygen atoms in total. The number of nitrogens with zero attached hydrogens (tertiary/aromatic N) is 1. The van der Waals surface area contributed by atoms with E-state index in [0.717, 1.165) is 31.2 Å². The molecule has 1 fully saturated rings. The average molecular weight is 262 g/mol. The Kier molecular flexibility index (Phi) is 4.43. The number of rotatable bonds is 3. The zero-order valence-electron chi connectivity index (χ0n) is 11.4. The number of hydrogen-bond donors (Lipinski definition) is 2. The first-order chi connectivity index (χ1) is 9.06. The van der Waals surface area contributed by atoms with Crippen LogP contribution in [0.3, 0.4) is 0 Å². The van der Waals surface area contributed by atoms with Gasteiger partial charge in [-0.05, 0) is 43.4 Å². The summed E-state index contributed by atoms with van der Waals surface area (Å²) in [5.41, 5.74) is 6.81. The van der Waals surface area contributed by atoms with Crippen LogP contribution in [0.4, 0.5) is 0 Å². The summed E-state index contributed by atoms with van der Waals surface area (Å²) in [6.45, 7) is 0.537. The summed E-state index contributed by atoms with van der Waals surface area (Å²) in [4.78, 5) is 14.1. The van der Waals surface area contributed by atoms with Crippen molar-refractivity contribution in [1.82, 2.24) is 4.90 Å². The van der Waals surface area contributed by atoms with E-state index in [4.69, 9.17) is 5.73 Å². The average Bonchev–Trinajstić information content (AvgIpc) is 2.39. The van der Waals surface area contributed by atoms with Crippen molar-refractivity contribution in [2.24, 2.45) is 11.7 Å². The Morgan fingerprint density at radius 2 is 2.05 bits per heavy atom. The second-order valence-corrected chi connectivity index (χ2v) is 5.48. The van der Waals surface area contributed by atoms with Gasteiger partial charge in [0.25, 0.3) is 0 Å². The lowest BCUT2D eigenvalue weighted by molar-refractivity contribution is -0.135. The van der Waals surface area contributed by atoms with Crippen molar-refractivity contribution in [3.05, 3.63) is 29.8 Å². The highest BCUT2D eigenvalue weighted by molar-refractivity contribution is 5.78. The van der Waals surface area contributed by atoms with Crippen molar-refractivity contribution >= 4 is 5.91 Å². The van der Waals surface area contributed by atoms with Crippen LogP contribution in [-0.2, 0) is 11.3 Å². The van der Waals surface area contributed by atoms with Crippen molar-refractivity contribution < 1.29 is 9.90 Å². The predicted octanol–water partition coefficient (Wildman–Crippen LogP) is 1.87. The smallest absolute Gasteiger partial charge is 0.225 e. The Balaban J connectivity index is 1.92. The van der Waals surface area contributed by atoms with E-state index in [0.29, 0.717) is 6.54 Å². The van der Waals surface area contributed by atoms with Crippen LogP contribution in [0.25, 0.3) is 0 Å². The fourth-order valence-corrected chi connectivity index (χ4v) is 2.68. The summed E-state index contributed by atoms with van der Waals surface area (Å²) in [7, 11) is 1.82. The van der Waals surface area contributed by atoms with E-state index in [2.05, 4.69) is 0 Å². The molecule has 1 aromatic carbocycles. The van der Waals surface area contributed by atoms with Gasteiger partial charge in [-0.1, -0.05) is 12.1 Å². The van der Waals surface area contributed by atoms with Gasteiger partial charge in [0.1, 0.15) is 5.75 Å². The Labute approximate surface area is 114 Å². The molecule has 1 aliphatic rings. The first kappa shape index (κ1) is 13.9. The van der Waals surface area contributed by atoms with Gasteiger partial charge in [0, 0.05) is 25.6 Å². The van der Waals surface area contributed by atoms with Crippen LogP contribution in [0, 0.1) is 5.92 Å². The van der Waals surface area contributed by atoms with Gasteiger partial charge in [-0.25, -0.2) is 0 Å². The van der Waals surface area contributed by atoms with E-state index in [-0.39, 0.29) is 23.6 Å². The Morgan fingerprint density at radius 3 is 2.68 bits per heavy atom. The summed E-state index contributed by atoms with van der Waals surface area (Å²) in [5, 5.41) is 9.43. The van der Waals surface area contributed by atoms with Crippen LogP contribution in [0.15, 0.2) is 24.3 Å². The third kappa shape index (κ3) is 3.70. The number of hydrogen-bond acceptors (Lipinski definition) is 3. The van der Waals surface area contributed by atoms with Crippen LogP contribution in [0.2, 0.25) is 0 Å². The predicted molar refractivity (Wildman–Crippen MR) is 74.5 cm³/mol. The summed E-state index contributed by atoms with van der Waals surface area (Å²) in [6, 6.07) is 7.30. The molecule has 4 heteroatoms. The number of benzene rings is 1. The van der Waals surface area contributed by atoms with Crippen LogP contribution >= 0.6 is 0 Å². The SMILES string of the molecule is CN(Cc1cccc(O)c1)C(=O)C1CCC(N)CC1. The number of aromatic hydroxyl groups is 1. The lowest BCUT2D eigenvalue weighted by atomic mass is 9.85. The topological polar surface area (TPSA) is 66.6 Å². The van der Waals surface area contributed by atoms with Crippen LogP contribution in [0.5, 0.6) is 5.75 Å². The number of carbonyl (C=O) groups excluding carboxylic acids is 1. The monoisotopic (exact) mass is 262 g/mol. The van der Waals surface area contributed by atoms with Gasteiger partial charge < -0.3 is 15.7 Å². The number of amides is 1. The summed E-state index contributed by atoms with van der Waals surface area (Å²) >= 11 is 0. The molecule has 3 N–H and O–H groups in total. The van der Waals surface area contributed by atoms with E-state index in [1.54, 1.807) is 23.1 Å². The third-order valence-corrected chi connectivity index (χ3v) is 3.83. The normalized spacial score (nSPS) is 23.1. The molecule has 0 bridgehead atoms. The van der Waals surface area contributed by atoms with Crippen LogP contribution in [-0.4, -0.2) is 29.0 Å². The molecular weight excluding hydrogens is 240 g/mol. The van der Waals surface area contributed by atoms with Gasteiger partial charge in [0.15, 0.2) is 0 Å². The molecule has 1 aromatic rings. The molecular formula is C15H22N2O2. The number of carbonyl (C=O) groups is 1. The van der Waals surface area contributed by atoms with Crippen molar-refractivity contribution in [1.29, 1.82) is 0 Å². The first-order valence-electron chi connectivity index (χ1n) is 6.84. The molecule has 0 aliphatic heterocycles. The highest BCUT2D eigenvalue weighted by atomic mass is 16.3. The molecule has 0 saturated heterocycles. The van der Waals surface area contributed by atoms with E-state index < -0.39 is 0 Å². The molecule has 104 valence electrons. The van der Waals surface area contributed by atoms with Crippen LogP contribution < -0.4 is 5.73 Å². The first-order valence-corrected chi connectivity index (χ1v) is 6.84. The van der Waals surface area contributed by atoms with Crippen LogP contribution in [0.1, 0.15) is 31.2 Å². The third-order valence-electron chi connectivity index (χ3n) is 3.83. The highest BCUT2D eigenvalue weighted by Gasteiger charge is 2.26. The highest BCUT2D eigenvalue weighted by Crippen LogP contribution is 2.25. The van der Waals surface area contributed by atoms with Crippen molar-refractivity contribution in [2.45, 2.75) is 38.3 Å². The van der Waals surface area contributed by atoms with Gasteiger partial charge >= 0.3 is 0 Å². The molecule has 0 unspecified atom stereocenters. The van der Waals surface area contributed by atoms with Gasteiger partial charge in [0.2, 0.25) is 5.91 Å². The fourth-order valence-electron chi connectivity index (χ4n) is 2.68. The molecule has 0 radical (unpaired) electrons. The Morgan fingerprint density at radius 1 is 1.37 bits per heavy atom. The minimum absolute atomic E-state index is 0.113. The molecule has 0 aromatic heterocycles. The lowest BCUT2D eigenvalue weighted by Crippen LogP contribution is -2.37. The maximum Gasteiger partial charge on any atom is 0.225 e. The second kappa shape index (κ2) is 6.06. The van der Waals surface area contributed by atoms with Gasteiger partial charge in [0.05, 0.1) is 0 Å². The molecule has 1 aliphatic carbocycles. The van der Waals surface area contributed by atoms with E-state index in [9.17, 15) is 9.90 Å². The Hall–Kier alpha value is -1.55. The quantitative estimate of drug-likeness (QED) is 0.874. The van der Waals surface area contributed by atoms with Gasteiger partial charge in [-0.15, -0.1) is 0 Å². The zero-order chi connectivity index (χ0) is 13.8. The van der Waals surface area contributed by atoms with Crippen molar-refractivity contribution in [3.8, 4) is 5.75 Å². The number of phenolic OH excluding ortho intramolecular Hbond substituents is 1. The van der Waals surface area contributed by atoms with Crippen molar-refractivity contribution in [2.75, 3.05) is 7.05 Å². The van der Waals surface area contributed by atoms with Gasteiger partial charge in [-0.2, -0.15) is 0 Å². The van der Waals surface area contributed by atoms with Gasteiger partial charge in [-0.3, -0.25) is 4.79 Å². The molecule has 0 heterocycles. The molecule has 0 atom stereocenters. The molecule has 0 spiro atoms. The summed E-state index contributed by atoms with van der Waals surface area (Å²) < 4.78 is 0. The summed E-state index contributed by atoms with van der Waals surface area (Å²) in [5.74, 6) is 0.541. The fraction of sp³-hybridized carbons (Fsp3) is 0.533. The maximum absolute atomic E-state index is 12.3. The zero-order valence-corrected chi connectivity index (χ0v) is 11.4. The maximum atomic E-state index is 12.3. The minimum atomic E-state index is 0.113. The van der Waals surface area contributed by atoms with E-state index in [1.807, 2.05) is 13.1 Å². The Bertz CT molecular complexity index is 440. The van der Waals surface area contributed by atoms with Crippen molar-refractivity contribution in [3.63, 3.8) is 0 Å². The molecule has 19 heavy (non-hydrogen) atoms. The lowest BCUT2D eigenvalue weighted by Gasteiger charge is -2.29. The summed E-state index contributed by atoms with van der Waals surface area (Å²) in [6.07, 6.45) is 3.67. The molecule has 2 rings (SSSR count). The number of nitrogens with two attached hydrogens (primary N) is 1. The molecule has 1 amide bonds. The largest absolute Gasteiger partial charge is 0.508 e. The molecule has 1 saturated carbocycles.